The molecule has 0 saturated carbocycles. The Morgan fingerprint density at radius 1 is 1.00 bits per heavy atom. The van der Waals surface area contributed by atoms with Crippen LogP contribution in [0.25, 0.3) is 0 Å². The topological polar surface area (TPSA) is 119 Å². The maximum Gasteiger partial charge on any atom is 0.274 e. The lowest BCUT2D eigenvalue weighted by Gasteiger charge is -2.10. The molecule has 0 radical (unpaired) electrons. The summed E-state index contributed by atoms with van der Waals surface area (Å²) in [6, 6.07) is 8.42. The summed E-state index contributed by atoms with van der Waals surface area (Å²) >= 11 is 3.05. The molecule has 7 nitrogen and oxygen atoms in total. The van der Waals surface area contributed by atoms with E-state index in [4.69, 9.17) is 0 Å². The smallest absolute Gasteiger partial charge is 0.274 e. The summed E-state index contributed by atoms with van der Waals surface area (Å²) in [4.78, 5) is 23.7. The van der Waals surface area contributed by atoms with Gasteiger partial charge in [0.15, 0.2) is 0 Å². The SMILES string of the molecule is O=C(Cc1cccc(O)c1)NNC(=O)c1c(O)cc(O)cc1Br. The van der Waals surface area contributed by atoms with Crippen LogP contribution in [0, 0.1) is 0 Å². The van der Waals surface area contributed by atoms with Gasteiger partial charge < -0.3 is 15.3 Å². The molecule has 120 valence electrons. The maximum atomic E-state index is 12.0. The Balaban J connectivity index is 1.98. The minimum atomic E-state index is -0.751. The summed E-state index contributed by atoms with van der Waals surface area (Å²) in [5.41, 5.74) is 4.82. The molecule has 2 amide bonds. The molecule has 0 aromatic heterocycles. The largest absolute Gasteiger partial charge is 0.508 e. The zero-order valence-electron chi connectivity index (χ0n) is 11.7. The molecule has 0 heterocycles. The highest BCUT2D eigenvalue weighted by atomic mass is 79.9. The van der Waals surface area contributed by atoms with Gasteiger partial charge in [0.05, 0.1) is 12.0 Å². The summed E-state index contributed by atoms with van der Waals surface area (Å²) in [5, 5.41) is 28.3. The Morgan fingerprint density at radius 2 is 1.74 bits per heavy atom. The number of benzene rings is 2. The van der Waals surface area contributed by atoms with Crippen LogP contribution in [0.15, 0.2) is 40.9 Å². The summed E-state index contributed by atoms with van der Waals surface area (Å²) in [6.45, 7) is 0. The maximum absolute atomic E-state index is 12.0. The Bertz CT molecular complexity index is 740. The van der Waals surface area contributed by atoms with Crippen LogP contribution in [0.5, 0.6) is 17.2 Å². The fourth-order valence-corrected chi connectivity index (χ4v) is 2.51. The fourth-order valence-electron chi connectivity index (χ4n) is 1.89. The average Bonchev–Trinajstić information content (AvgIpc) is 2.44. The highest BCUT2D eigenvalue weighted by Gasteiger charge is 2.17. The van der Waals surface area contributed by atoms with Crippen molar-refractivity contribution in [2.75, 3.05) is 0 Å². The minimum Gasteiger partial charge on any atom is -0.508 e. The third-order valence-corrected chi connectivity index (χ3v) is 3.50. The van der Waals surface area contributed by atoms with Crippen LogP contribution in [0.4, 0.5) is 0 Å². The van der Waals surface area contributed by atoms with Crippen LogP contribution in [0.2, 0.25) is 0 Å². The second-order valence-electron chi connectivity index (χ2n) is 4.67. The number of aromatic hydroxyl groups is 3. The molecule has 0 aliphatic carbocycles. The van der Waals surface area contributed by atoms with E-state index in [0.717, 1.165) is 6.07 Å². The summed E-state index contributed by atoms with van der Waals surface area (Å²) in [7, 11) is 0. The molecule has 8 heteroatoms. The van der Waals surface area contributed by atoms with Crippen LogP contribution in [0.1, 0.15) is 15.9 Å². The van der Waals surface area contributed by atoms with E-state index in [0.29, 0.717) is 5.56 Å². The Hall–Kier alpha value is -2.74. The van der Waals surface area contributed by atoms with Gasteiger partial charge >= 0.3 is 0 Å². The van der Waals surface area contributed by atoms with Gasteiger partial charge in [-0.15, -0.1) is 0 Å². The van der Waals surface area contributed by atoms with Gasteiger partial charge in [-0.3, -0.25) is 20.4 Å². The average molecular weight is 381 g/mol. The van der Waals surface area contributed by atoms with Crippen molar-refractivity contribution >= 4 is 27.7 Å². The molecule has 0 bridgehead atoms. The Labute approximate surface area is 139 Å². The van der Waals surface area contributed by atoms with Crippen molar-refractivity contribution in [2.45, 2.75) is 6.42 Å². The van der Waals surface area contributed by atoms with E-state index in [2.05, 4.69) is 26.8 Å². The molecule has 0 spiro atoms. The van der Waals surface area contributed by atoms with E-state index in [1.165, 1.54) is 18.2 Å². The summed E-state index contributed by atoms with van der Waals surface area (Å²) < 4.78 is 0.176. The highest BCUT2D eigenvalue weighted by molar-refractivity contribution is 9.10. The van der Waals surface area contributed by atoms with Crippen molar-refractivity contribution < 1.29 is 24.9 Å². The van der Waals surface area contributed by atoms with Crippen LogP contribution in [-0.4, -0.2) is 27.1 Å². The van der Waals surface area contributed by atoms with Crippen LogP contribution in [-0.2, 0) is 11.2 Å². The first-order valence-electron chi connectivity index (χ1n) is 6.45. The van der Waals surface area contributed by atoms with E-state index >= 15 is 0 Å². The number of phenols is 3. The lowest BCUT2D eigenvalue weighted by Crippen LogP contribution is -2.42. The molecule has 2 aromatic rings. The number of carbonyl (C=O) groups is 2. The van der Waals surface area contributed by atoms with Gasteiger partial charge in [-0.25, -0.2) is 0 Å². The number of amides is 2. The number of hydrazine groups is 1. The third kappa shape index (κ3) is 4.36. The van der Waals surface area contributed by atoms with E-state index in [1.54, 1.807) is 12.1 Å². The molecule has 0 aliphatic rings. The predicted octanol–water partition coefficient (Wildman–Crippen LogP) is 1.57. The summed E-state index contributed by atoms with van der Waals surface area (Å²) in [6.07, 6.45) is -0.0442. The van der Waals surface area contributed by atoms with Crippen molar-refractivity contribution in [3.63, 3.8) is 0 Å². The normalized spacial score (nSPS) is 10.1. The number of carbonyl (C=O) groups excluding carboxylic acids is 2. The lowest BCUT2D eigenvalue weighted by molar-refractivity contribution is -0.121. The first kappa shape index (κ1) is 16.6. The van der Waals surface area contributed by atoms with Crippen molar-refractivity contribution in [3.8, 4) is 17.2 Å². The fraction of sp³-hybridized carbons (Fsp3) is 0.0667. The number of rotatable bonds is 3. The zero-order chi connectivity index (χ0) is 17.0. The molecule has 5 N–H and O–H groups in total. The summed E-state index contributed by atoms with van der Waals surface area (Å²) in [5.74, 6) is -1.86. The zero-order valence-corrected chi connectivity index (χ0v) is 13.3. The number of phenolic OH excluding ortho intramolecular Hbond substituents is 3. The molecule has 0 aliphatic heterocycles. The second-order valence-corrected chi connectivity index (χ2v) is 5.53. The monoisotopic (exact) mass is 380 g/mol. The number of hydrogen-bond donors (Lipinski definition) is 5. The van der Waals surface area contributed by atoms with Gasteiger partial charge in [0.25, 0.3) is 5.91 Å². The Kier molecular flexibility index (Phi) is 5.07. The molecule has 0 unspecified atom stereocenters. The van der Waals surface area contributed by atoms with Crippen molar-refractivity contribution in [1.29, 1.82) is 0 Å². The standard InChI is InChI=1S/C15H13BrN2O5/c16-11-6-10(20)7-12(21)14(11)15(23)18-17-13(22)5-8-2-1-3-9(19)4-8/h1-4,6-7,19-21H,5H2,(H,17,22)(H,18,23). The first-order valence-corrected chi connectivity index (χ1v) is 7.24. The van der Waals surface area contributed by atoms with Crippen molar-refractivity contribution in [1.82, 2.24) is 10.9 Å². The van der Waals surface area contributed by atoms with Crippen molar-refractivity contribution in [3.05, 3.63) is 52.0 Å². The molecular formula is C15H13BrN2O5. The first-order chi connectivity index (χ1) is 10.9. The van der Waals surface area contributed by atoms with Crippen LogP contribution < -0.4 is 10.9 Å². The molecule has 2 rings (SSSR count). The molecule has 0 atom stereocenters. The van der Waals surface area contributed by atoms with Gasteiger partial charge in [-0.05, 0) is 39.7 Å². The predicted molar refractivity (Wildman–Crippen MR) is 84.9 cm³/mol. The van der Waals surface area contributed by atoms with E-state index in [1.807, 2.05) is 0 Å². The highest BCUT2D eigenvalue weighted by Crippen LogP contribution is 2.30. The van der Waals surface area contributed by atoms with Gasteiger partial charge in [-0.1, -0.05) is 12.1 Å². The van der Waals surface area contributed by atoms with Gasteiger partial charge in [0.1, 0.15) is 17.2 Å². The number of nitrogens with one attached hydrogen (secondary N) is 2. The minimum absolute atomic E-state index is 0.0391. The van der Waals surface area contributed by atoms with E-state index in [9.17, 15) is 24.9 Å². The third-order valence-electron chi connectivity index (χ3n) is 2.87. The van der Waals surface area contributed by atoms with Crippen LogP contribution >= 0.6 is 15.9 Å². The Morgan fingerprint density at radius 3 is 2.39 bits per heavy atom. The molecule has 0 saturated heterocycles. The van der Waals surface area contributed by atoms with E-state index in [-0.39, 0.29) is 28.0 Å². The number of halogens is 1. The van der Waals surface area contributed by atoms with E-state index < -0.39 is 17.6 Å². The van der Waals surface area contributed by atoms with Crippen molar-refractivity contribution in [2.24, 2.45) is 0 Å². The van der Waals surface area contributed by atoms with Gasteiger partial charge in [0, 0.05) is 10.5 Å². The van der Waals surface area contributed by atoms with Gasteiger partial charge in [0.2, 0.25) is 5.91 Å². The quantitative estimate of drug-likeness (QED) is 0.517. The lowest BCUT2D eigenvalue weighted by atomic mass is 10.1. The molecule has 0 fully saturated rings. The number of hydrogen-bond acceptors (Lipinski definition) is 5. The molecular weight excluding hydrogens is 368 g/mol. The second kappa shape index (κ2) is 7.01. The molecule has 2 aromatic carbocycles. The molecule has 23 heavy (non-hydrogen) atoms. The van der Waals surface area contributed by atoms with Gasteiger partial charge in [-0.2, -0.15) is 0 Å². The van der Waals surface area contributed by atoms with Crippen LogP contribution in [0.3, 0.4) is 0 Å².